The Morgan fingerprint density at radius 3 is 2.10 bits per heavy atom. The van der Waals surface area contributed by atoms with Gasteiger partial charge in [0, 0.05) is 35.7 Å². The number of carboxylic acid groups (broad SMARTS) is 1. The predicted octanol–water partition coefficient (Wildman–Crippen LogP) is 1.80. The van der Waals surface area contributed by atoms with Gasteiger partial charge in [0.25, 0.3) is 0 Å². The van der Waals surface area contributed by atoms with Crippen LogP contribution in [0.5, 0.6) is 0 Å². The summed E-state index contributed by atoms with van der Waals surface area (Å²) in [6.45, 7) is 3.89. The lowest BCUT2D eigenvalue weighted by molar-refractivity contribution is -0.142. The minimum Gasteiger partial charge on any atom is -0.480 e. The molecule has 1 aromatic heterocycles. The molecule has 0 radical (unpaired) electrons. The highest BCUT2D eigenvalue weighted by Crippen LogP contribution is 2.19. The van der Waals surface area contributed by atoms with Crippen LogP contribution in [0.25, 0.3) is 10.9 Å². The van der Waals surface area contributed by atoms with E-state index in [1.165, 1.54) is 0 Å². The number of hydrogen-bond donors (Lipinski definition) is 7. The van der Waals surface area contributed by atoms with E-state index in [9.17, 15) is 24.3 Å². The number of aliphatic carboxylic acids is 1. The van der Waals surface area contributed by atoms with Crippen molar-refractivity contribution in [1.82, 2.24) is 20.9 Å². The zero-order valence-corrected chi connectivity index (χ0v) is 23.5. The molecule has 10 nitrogen and oxygen atoms in total. The van der Waals surface area contributed by atoms with Crippen LogP contribution >= 0.6 is 12.6 Å². The molecule has 3 amide bonds. The van der Waals surface area contributed by atoms with Gasteiger partial charge in [0.15, 0.2) is 0 Å². The van der Waals surface area contributed by atoms with Gasteiger partial charge in [0.05, 0.1) is 6.04 Å². The molecule has 0 fully saturated rings. The van der Waals surface area contributed by atoms with Gasteiger partial charge in [-0.05, 0) is 29.5 Å². The fourth-order valence-corrected chi connectivity index (χ4v) is 4.67. The highest BCUT2D eigenvalue weighted by molar-refractivity contribution is 7.80. The van der Waals surface area contributed by atoms with Gasteiger partial charge in [0.1, 0.15) is 18.1 Å². The number of rotatable bonds is 14. The second-order valence-corrected chi connectivity index (χ2v) is 10.6. The van der Waals surface area contributed by atoms with Crippen LogP contribution in [-0.4, -0.2) is 63.7 Å². The molecule has 0 saturated heterocycles. The number of fused-ring (bicyclic) bond motifs is 1. The Hall–Kier alpha value is -3.83. The van der Waals surface area contributed by atoms with Gasteiger partial charge in [-0.1, -0.05) is 62.4 Å². The first-order valence-corrected chi connectivity index (χ1v) is 13.8. The molecule has 214 valence electrons. The molecule has 0 aliphatic rings. The summed E-state index contributed by atoms with van der Waals surface area (Å²) < 4.78 is 0. The lowest BCUT2D eigenvalue weighted by atomic mass is 10.0. The van der Waals surface area contributed by atoms with Crippen LogP contribution in [0.4, 0.5) is 0 Å². The van der Waals surface area contributed by atoms with E-state index in [1.54, 1.807) is 30.5 Å². The fraction of sp³-hybridized carbons (Fsp3) is 0.379. The van der Waals surface area contributed by atoms with Gasteiger partial charge in [-0.3, -0.25) is 14.4 Å². The molecule has 4 atom stereocenters. The number of thiol groups is 1. The third-order valence-electron chi connectivity index (χ3n) is 6.51. The average Bonchev–Trinajstić information content (AvgIpc) is 3.33. The van der Waals surface area contributed by atoms with E-state index in [1.807, 2.05) is 44.2 Å². The Morgan fingerprint density at radius 2 is 1.45 bits per heavy atom. The van der Waals surface area contributed by atoms with Gasteiger partial charge < -0.3 is 31.8 Å². The van der Waals surface area contributed by atoms with E-state index in [-0.39, 0.29) is 24.5 Å². The van der Waals surface area contributed by atoms with E-state index in [0.29, 0.717) is 6.42 Å². The third kappa shape index (κ3) is 8.59. The summed E-state index contributed by atoms with van der Waals surface area (Å²) in [5.74, 6) is -2.90. The van der Waals surface area contributed by atoms with Gasteiger partial charge in [-0.15, -0.1) is 0 Å². The zero-order chi connectivity index (χ0) is 29.2. The summed E-state index contributed by atoms with van der Waals surface area (Å²) in [5.41, 5.74) is 8.49. The third-order valence-corrected chi connectivity index (χ3v) is 6.87. The van der Waals surface area contributed by atoms with E-state index in [4.69, 9.17) is 5.73 Å². The maximum Gasteiger partial charge on any atom is 0.326 e. The molecule has 0 spiro atoms. The van der Waals surface area contributed by atoms with Crippen molar-refractivity contribution in [3.05, 3.63) is 71.9 Å². The number of H-pyrrole nitrogens is 1. The van der Waals surface area contributed by atoms with Crippen LogP contribution in [0.1, 0.15) is 31.4 Å². The second kappa shape index (κ2) is 14.5. The number of benzene rings is 2. The summed E-state index contributed by atoms with van der Waals surface area (Å²) in [6.07, 6.45) is 2.42. The Morgan fingerprint density at radius 1 is 0.850 bits per heavy atom. The number of amides is 3. The maximum atomic E-state index is 13.5. The molecule has 11 heteroatoms. The molecule has 1 heterocycles. The first-order valence-electron chi connectivity index (χ1n) is 13.2. The molecule has 0 aliphatic heterocycles. The van der Waals surface area contributed by atoms with Crippen molar-refractivity contribution in [3.8, 4) is 0 Å². The molecule has 40 heavy (non-hydrogen) atoms. The van der Waals surface area contributed by atoms with Gasteiger partial charge in [-0.25, -0.2) is 4.79 Å². The van der Waals surface area contributed by atoms with E-state index >= 15 is 0 Å². The lowest BCUT2D eigenvalue weighted by Gasteiger charge is -2.25. The minimum atomic E-state index is -1.20. The maximum absolute atomic E-state index is 13.5. The molecule has 3 aromatic rings. The van der Waals surface area contributed by atoms with Crippen molar-refractivity contribution >= 4 is 47.2 Å². The van der Waals surface area contributed by atoms with Crippen molar-refractivity contribution in [2.75, 3.05) is 5.75 Å². The Balaban J connectivity index is 1.76. The highest BCUT2D eigenvalue weighted by atomic mass is 32.1. The summed E-state index contributed by atoms with van der Waals surface area (Å²) in [6, 6.07) is 12.3. The lowest BCUT2D eigenvalue weighted by Crippen LogP contribution is -2.58. The fourth-order valence-electron chi connectivity index (χ4n) is 4.41. The number of aromatic amines is 1. The Kier molecular flexibility index (Phi) is 11.2. The SMILES string of the molecule is CC(C)CC(N)C(=O)NC(Cc1c[nH]c2ccccc12)C(=O)NC(CS)C(=O)NC(Cc1ccccc1)C(=O)O. The van der Waals surface area contributed by atoms with Crippen molar-refractivity contribution in [2.24, 2.45) is 11.7 Å². The average molecular weight is 568 g/mol. The van der Waals surface area contributed by atoms with Crippen molar-refractivity contribution in [3.63, 3.8) is 0 Å². The van der Waals surface area contributed by atoms with Gasteiger partial charge >= 0.3 is 5.97 Å². The normalized spacial score (nSPS) is 14.2. The summed E-state index contributed by atoms with van der Waals surface area (Å²) >= 11 is 4.21. The largest absolute Gasteiger partial charge is 0.480 e. The van der Waals surface area contributed by atoms with Crippen LogP contribution < -0.4 is 21.7 Å². The topological polar surface area (TPSA) is 166 Å². The van der Waals surface area contributed by atoms with Crippen molar-refractivity contribution < 1.29 is 24.3 Å². The van der Waals surface area contributed by atoms with Crippen LogP contribution in [0.15, 0.2) is 60.8 Å². The number of nitrogens with two attached hydrogens (primary N) is 1. The van der Waals surface area contributed by atoms with E-state index < -0.39 is 47.9 Å². The summed E-state index contributed by atoms with van der Waals surface area (Å²) in [7, 11) is 0. The standard InChI is InChI=1S/C29H37N5O5S/c1-17(2)12-21(30)26(35)32-23(14-19-15-31-22-11-7-6-10-20(19)22)27(36)34-25(16-40)28(37)33-24(29(38)39)13-18-8-4-3-5-9-18/h3-11,15,17,21,23-25,31,40H,12-14,16,30H2,1-2H3,(H,32,35)(H,33,37)(H,34,36)(H,38,39). The Labute approximate surface area is 238 Å². The smallest absolute Gasteiger partial charge is 0.326 e. The highest BCUT2D eigenvalue weighted by Gasteiger charge is 2.30. The molecular formula is C29H37N5O5S. The molecular weight excluding hydrogens is 530 g/mol. The van der Waals surface area contributed by atoms with E-state index in [0.717, 1.165) is 22.0 Å². The van der Waals surface area contributed by atoms with Crippen LogP contribution in [0.2, 0.25) is 0 Å². The van der Waals surface area contributed by atoms with E-state index in [2.05, 4.69) is 33.6 Å². The molecule has 0 aliphatic carbocycles. The van der Waals surface area contributed by atoms with Crippen LogP contribution in [0, 0.1) is 5.92 Å². The molecule has 4 unspecified atom stereocenters. The van der Waals surface area contributed by atoms with Crippen LogP contribution in [0.3, 0.4) is 0 Å². The van der Waals surface area contributed by atoms with Crippen LogP contribution in [-0.2, 0) is 32.0 Å². The number of hydrogen-bond acceptors (Lipinski definition) is 6. The molecule has 0 bridgehead atoms. The van der Waals surface area contributed by atoms with Crippen molar-refractivity contribution in [1.29, 1.82) is 0 Å². The quantitative estimate of drug-likeness (QED) is 0.147. The number of para-hydroxylation sites is 1. The summed E-state index contributed by atoms with van der Waals surface area (Å²) in [5, 5.41) is 18.4. The molecule has 0 saturated carbocycles. The molecule has 7 N–H and O–H groups in total. The molecule has 3 rings (SSSR count). The Bertz CT molecular complexity index is 1310. The van der Waals surface area contributed by atoms with Crippen molar-refractivity contribution in [2.45, 2.75) is 57.3 Å². The summed E-state index contributed by atoms with van der Waals surface area (Å²) in [4.78, 5) is 54.4. The van der Waals surface area contributed by atoms with Gasteiger partial charge in [-0.2, -0.15) is 12.6 Å². The zero-order valence-electron chi connectivity index (χ0n) is 22.6. The number of nitrogens with one attached hydrogen (secondary N) is 4. The molecule has 2 aromatic carbocycles. The number of carboxylic acids is 1. The number of carbonyl (C=O) groups excluding carboxylic acids is 3. The first kappa shape index (κ1) is 30.7. The van der Waals surface area contributed by atoms with Gasteiger partial charge in [0.2, 0.25) is 17.7 Å². The second-order valence-electron chi connectivity index (χ2n) is 10.2. The monoisotopic (exact) mass is 567 g/mol. The number of aromatic nitrogens is 1. The predicted molar refractivity (Wildman–Crippen MR) is 157 cm³/mol. The number of carbonyl (C=O) groups is 4. The first-order chi connectivity index (χ1) is 19.1. The minimum absolute atomic E-state index is 0.0716.